The van der Waals surface area contributed by atoms with Crippen LogP contribution in [0.1, 0.15) is 24.8 Å². The number of nitrogens with zero attached hydrogens (tertiary/aromatic N) is 3. The van der Waals surface area contributed by atoms with Crippen molar-refractivity contribution in [3.63, 3.8) is 0 Å². The number of ether oxygens (including phenoxy) is 1. The predicted octanol–water partition coefficient (Wildman–Crippen LogP) is 3.30. The molecule has 0 unspecified atom stereocenters. The lowest BCUT2D eigenvalue weighted by atomic mass is 9.83. The molecular weight excluding hydrogens is 528 g/mol. The maximum absolute atomic E-state index is 14.7. The third-order valence-electron chi connectivity index (χ3n) is 7.61. The van der Waals surface area contributed by atoms with Crippen molar-refractivity contribution in [1.82, 2.24) is 4.98 Å². The number of benzene rings is 2. The Hall–Kier alpha value is -2.68. The summed E-state index contributed by atoms with van der Waals surface area (Å²) in [4.78, 5) is 20.1. The molecule has 202 valence electrons. The molecule has 3 aliphatic heterocycles. The summed E-state index contributed by atoms with van der Waals surface area (Å²) in [5.41, 5.74) is 0.862. The Morgan fingerprint density at radius 1 is 1.03 bits per heavy atom. The third kappa shape index (κ3) is 6.84. The number of hydrogen-bond donors (Lipinski definition) is 0. The van der Waals surface area contributed by atoms with E-state index in [9.17, 15) is 13.6 Å². The first-order valence-corrected chi connectivity index (χ1v) is 13.8. The fraction of sp³-hybridized carbons (Fsp3) is 0.379. The highest BCUT2D eigenvalue weighted by Gasteiger charge is 2.47. The fourth-order valence-electron chi connectivity index (χ4n) is 5.58. The van der Waals surface area contributed by atoms with Crippen LogP contribution in [-0.4, -0.2) is 53.6 Å². The minimum absolute atomic E-state index is 0. The number of quaternary nitrogens is 1. The van der Waals surface area contributed by atoms with Gasteiger partial charge in [-0.05, 0) is 42.0 Å². The van der Waals surface area contributed by atoms with Crippen LogP contribution in [0.5, 0.6) is 0 Å². The van der Waals surface area contributed by atoms with E-state index in [0.717, 1.165) is 55.7 Å². The van der Waals surface area contributed by atoms with Gasteiger partial charge in [-0.1, -0.05) is 24.3 Å². The molecule has 6 rings (SSSR count). The molecule has 0 N–H and O–H groups in total. The average molecular weight is 560 g/mol. The SMILES string of the molecule is O=C(O[C@H]1C[N+]2(CCCSc3ccncc3)CCC1CC2)N(Cc1ccc(F)cc1)c1ccccc1F.[Cl-]. The second-order valence-corrected chi connectivity index (χ2v) is 11.2. The lowest BCUT2D eigenvalue weighted by Gasteiger charge is -2.52. The van der Waals surface area contributed by atoms with E-state index in [1.54, 1.807) is 30.3 Å². The third-order valence-corrected chi connectivity index (χ3v) is 8.70. The lowest BCUT2D eigenvalue weighted by Crippen LogP contribution is -3.00. The van der Waals surface area contributed by atoms with Crippen molar-refractivity contribution < 1.29 is 35.2 Å². The molecule has 2 bridgehead atoms. The molecular formula is C29H32ClF2N3O2S. The fourth-order valence-corrected chi connectivity index (χ4v) is 6.40. The van der Waals surface area contributed by atoms with Crippen molar-refractivity contribution in [2.24, 2.45) is 5.92 Å². The lowest BCUT2D eigenvalue weighted by molar-refractivity contribution is -0.946. The summed E-state index contributed by atoms with van der Waals surface area (Å²) in [6.45, 7) is 4.20. The molecule has 9 heteroatoms. The maximum atomic E-state index is 14.7. The Bertz CT molecular complexity index is 1190. The number of aromatic nitrogens is 1. The number of anilines is 1. The molecule has 38 heavy (non-hydrogen) atoms. The summed E-state index contributed by atoms with van der Waals surface area (Å²) in [7, 11) is 0. The van der Waals surface area contributed by atoms with Crippen LogP contribution < -0.4 is 17.3 Å². The average Bonchev–Trinajstić information content (AvgIpc) is 2.92. The molecule has 0 saturated carbocycles. The number of para-hydroxylation sites is 1. The number of fused-ring (bicyclic) bond motifs is 3. The van der Waals surface area contributed by atoms with Crippen LogP contribution in [0.3, 0.4) is 0 Å². The zero-order valence-electron chi connectivity index (χ0n) is 21.1. The first-order chi connectivity index (χ1) is 18.0. The van der Waals surface area contributed by atoms with Gasteiger partial charge in [0, 0.05) is 48.2 Å². The largest absolute Gasteiger partial charge is 1.00 e. The van der Waals surface area contributed by atoms with E-state index >= 15 is 0 Å². The van der Waals surface area contributed by atoms with Gasteiger partial charge in [0.25, 0.3) is 0 Å². The quantitative estimate of drug-likeness (QED) is 0.229. The predicted molar refractivity (Wildman–Crippen MR) is 141 cm³/mol. The zero-order chi connectivity index (χ0) is 25.7. The van der Waals surface area contributed by atoms with E-state index in [2.05, 4.69) is 4.98 Å². The summed E-state index contributed by atoms with van der Waals surface area (Å²) in [5.74, 6) is 0.523. The molecule has 3 aliphatic rings. The molecule has 2 aromatic carbocycles. The smallest absolute Gasteiger partial charge is 0.415 e. The van der Waals surface area contributed by atoms with Gasteiger partial charge >= 0.3 is 6.09 Å². The van der Waals surface area contributed by atoms with Gasteiger partial charge in [-0.2, -0.15) is 0 Å². The number of pyridine rings is 1. The summed E-state index contributed by atoms with van der Waals surface area (Å²) in [5, 5.41) is 0. The topological polar surface area (TPSA) is 42.4 Å². The Morgan fingerprint density at radius 3 is 2.45 bits per heavy atom. The number of carbonyl (C=O) groups excluding carboxylic acids is 1. The highest BCUT2D eigenvalue weighted by Crippen LogP contribution is 2.37. The first kappa shape index (κ1) is 28.3. The number of carbonyl (C=O) groups is 1. The van der Waals surface area contributed by atoms with Gasteiger partial charge < -0.3 is 21.6 Å². The highest BCUT2D eigenvalue weighted by molar-refractivity contribution is 7.99. The Balaban J connectivity index is 0.00000336. The maximum Gasteiger partial charge on any atom is 0.415 e. The van der Waals surface area contributed by atoms with E-state index in [0.29, 0.717) is 11.5 Å². The van der Waals surface area contributed by atoms with Crippen LogP contribution in [0.15, 0.2) is 78.0 Å². The van der Waals surface area contributed by atoms with Gasteiger partial charge in [-0.25, -0.2) is 13.6 Å². The van der Waals surface area contributed by atoms with Crippen LogP contribution in [0, 0.1) is 17.6 Å². The van der Waals surface area contributed by atoms with Crippen molar-refractivity contribution in [2.45, 2.75) is 36.8 Å². The molecule has 1 aromatic heterocycles. The van der Waals surface area contributed by atoms with Gasteiger partial charge in [0.2, 0.25) is 0 Å². The molecule has 5 nitrogen and oxygen atoms in total. The first-order valence-electron chi connectivity index (χ1n) is 12.9. The monoisotopic (exact) mass is 559 g/mol. The van der Waals surface area contributed by atoms with E-state index in [4.69, 9.17) is 4.74 Å². The van der Waals surface area contributed by atoms with Crippen molar-refractivity contribution in [3.8, 4) is 0 Å². The van der Waals surface area contributed by atoms with Crippen LogP contribution in [0.25, 0.3) is 0 Å². The van der Waals surface area contributed by atoms with E-state index in [1.165, 1.54) is 28.0 Å². The van der Waals surface area contributed by atoms with Gasteiger partial charge in [0.1, 0.15) is 18.2 Å². The number of thioether (sulfide) groups is 1. The molecule has 0 radical (unpaired) electrons. The Morgan fingerprint density at radius 2 is 1.74 bits per heavy atom. The molecule has 4 heterocycles. The van der Waals surface area contributed by atoms with Crippen molar-refractivity contribution in [2.75, 3.05) is 36.8 Å². The molecule has 3 aromatic rings. The van der Waals surface area contributed by atoms with Crippen LogP contribution in [-0.2, 0) is 11.3 Å². The summed E-state index contributed by atoms with van der Waals surface area (Å²) >= 11 is 1.85. The van der Waals surface area contributed by atoms with Crippen LogP contribution >= 0.6 is 11.8 Å². The van der Waals surface area contributed by atoms with Crippen LogP contribution in [0.2, 0.25) is 0 Å². The number of hydrogen-bond acceptors (Lipinski definition) is 4. The van der Waals surface area contributed by atoms with Crippen LogP contribution in [0.4, 0.5) is 19.3 Å². The number of rotatable bonds is 9. The molecule has 0 aliphatic carbocycles. The zero-order valence-corrected chi connectivity index (χ0v) is 22.7. The Kier molecular flexibility index (Phi) is 9.63. The van der Waals surface area contributed by atoms with Gasteiger partial charge in [0.15, 0.2) is 6.10 Å². The molecule has 0 spiro atoms. The van der Waals surface area contributed by atoms with Crippen molar-refractivity contribution >= 4 is 23.5 Å². The second-order valence-electron chi connectivity index (χ2n) is 10.0. The van der Waals surface area contributed by atoms with Crippen molar-refractivity contribution in [1.29, 1.82) is 0 Å². The minimum Gasteiger partial charge on any atom is -1.00 e. The van der Waals surface area contributed by atoms with E-state index in [1.807, 2.05) is 36.3 Å². The highest BCUT2D eigenvalue weighted by atomic mass is 35.5. The summed E-state index contributed by atoms with van der Waals surface area (Å²) in [6, 6.07) is 16.2. The normalized spacial score (nSPS) is 21.9. The van der Waals surface area contributed by atoms with Crippen molar-refractivity contribution in [3.05, 3.63) is 90.3 Å². The summed E-state index contributed by atoms with van der Waals surface area (Å²) < 4.78 is 35.2. The van der Waals surface area contributed by atoms with Gasteiger partial charge in [0.05, 0.1) is 31.9 Å². The van der Waals surface area contributed by atoms with Gasteiger partial charge in [-0.3, -0.25) is 9.88 Å². The Labute approximate surface area is 233 Å². The summed E-state index contributed by atoms with van der Waals surface area (Å²) in [6.07, 6.45) is 6.05. The second kappa shape index (κ2) is 12.9. The molecule has 3 fully saturated rings. The molecule has 1 amide bonds. The standard InChI is InChI=1S/C29H32F2N3O2S.ClH/c30-24-8-6-22(7-9-24)20-33(27-5-2-1-4-26(27)31)29(35)36-28-21-34(17-12-23(28)13-18-34)16-3-19-37-25-10-14-32-15-11-25;/h1-2,4-11,14-15,23,28H,3,12-13,16-21H2;1H/q+1;/p-1/t23?,28-,34?;/m0./s1. The number of piperidine rings is 3. The molecule has 1 atom stereocenters. The number of halogens is 3. The van der Waals surface area contributed by atoms with Gasteiger partial charge in [-0.15, -0.1) is 11.8 Å². The minimum atomic E-state index is -0.556. The molecule has 3 saturated heterocycles. The van der Waals surface area contributed by atoms with E-state index < -0.39 is 11.9 Å². The number of amides is 1. The van der Waals surface area contributed by atoms with E-state index in [-0.39, 0.29) is 36.6 Å².